The van der Waals surface area contributed by atoms with Gasteiger partial charge in [0.1, 0.15) is 5.82 Å². The Labute approximate surface area is 90.2 Å². The molecule has 1 aromatic carbocycles. The van der Waals surface area contributed by atoms with Crippen LogP contribution >= 0.6 is 22.9 Å². The summed E-state index contributed by atoms with van der Waals surface area (Å²) in [5.74, 6) is -0.255. The second-order valence-electron chi connectivity index (χ2n) is 2.94. The molecule has 1 aromatic heterocycles. The van der Waals surface area contributed by atoms with Crippen molar-refractivity contribution in [3.8, 4) is 11.3 Å². The molecule has 0 aliphatic carbocycles. The minimum Gasteiger partial charge on any atom is -0.225 e. The van der Waals surface area contributed by atoms with Crippen molar-refractivity contribution in [2.75, 3.05) is 0 Å². The molecule has 0 amide bonds. The molecule has 0 radical (unpaired) electrons. The van der Waals surface area contributed by atoms with Crippen molar-refractivity contribution in [2.24, 2.45) is 0 Å². The highest BCUT2D eigenvalue weighted by atomic mass is 35.5. The normalized spacial score (nSPS) is 10.5. The van der Waals surface area contributed by atoms with Crippen LogP contribution in [0.2, 0.25) is 4.47 Å². The first kappa shape index (κ1) is 9.62. The molecule has 1 nitrogen and oxygen atoms in total. The average Bonchev–Trinajstić information content (AvgIpc) is 2.56. The molecule has 0 saturated carbocycles. The third-order valence-electron chi connectivity index (χ3n) is 1.95. The van der Waals surface area contributed by atoms with E-state index in [1.165, 1.54) is 23.5 Å². The van der Waals surface area contributed by atoms with Gasteiger partial charge in [-0.25, -0.2) is 9.37 Å². The van der Waals surface area contributed by atoms with Crippen LogP contribution in [0.25, 0.3) is 11.3 Å². The predicted octanol–water partition coefficient (Wildman–Crippen LogP) is 3.91. The number of aromatic nitrogens is 1. The first-order valence-corrected chi connectivity index (χ1v) is 5.30. The summed E-state index contributed by atoms with van der Waals surface area (Å²) >= 11 is 7.06. The second kappa shape index (κ2) is 3.67. The van der Waals surface area contributed by atoms with E-state index in [-0.39, 0.29) is 5.82 Å². The lowest BCUT2D eigenvalue weighted by molar-refractivity contribution is 0.628. The molecule has 0 bridgehead atoms. The molecule has 0 spiro atoms. The van der Waals surface area contributed by atoms with E-state index in [1.54, 1.807) is 6.07 Å². The van der Waals surface area contributed by atoms with Crippen molar-refractivity contribution >= 4 is 22.9 Å². The number of thiazole rings is 1. The maximum atomic E-state index is 13.0. The van der Waals surface area contributed by atoms with Crippen LogP contribution in [0.5, 0.6) is 0 Å². The molecule has 0 N–H and O–H groups in total. The first-order valence-electron chi connectivity index (χ1n) is 4.04. The highest BCUT2D eigenvalue weighted by molar-refractivity contribution is 7.14. The van der Waals surface area contributed by atoms with Gasteiger partial charge in [0, 0.05) is 10.9 Å². The van der Waals surface area contributed by atoms with Gasteiger partial charge in [-0.3, -0.25) is 0 Å². The van der Waals surface area contributed by atoms with Crippen molar-refractivity contribution in [3.05, 3.63) is 39.4 Å². The summed E-state index contributed by atoms with van der Waals surface area (Å²) in [4.78, 5) is 4.10. The number of halogens is 2. The fraction of sp³-hybridized carbons (Fsp3) is 0.100. The number of benzene rings is 1. The summed E-state index contributed by atoms with van der Waals surface area (Å²) in [5.41, 5.74) is 2.53. The van der Waals surface area contributed by atoms with Gasteiger partial charge in [-0.2, -0.15) is 0 Å². The zero-order chi connectivity index (χ0) is 10.1. The van der Waals surface area contributed by atoms with Crippen LogP contribution in [0.3, 0.4) is 0 Å². The van der Waals surface area contributed by atoms with Gasteiger partial charge >= 0.3 is 0 Å². The Balaban J connectivity index is 2.55. The Bertz CT molecular complexity index is 467. The van der Waals surface area contributed by atoms with E-state index < -0.39 is 0 Å². The van der Waals surface area contributed by atoms with Crippen molar-refractivity contribution in [3.63, 3.8) is 0 Å². The first-order chi connectivity index (χ1) is 6.66. The van der Waals surface area contributed by atoms with Crippen LogP contribution in [0.4, 0.5) is 4.39 Å². The Hall–Kier alpha value is -0.930. The number of hydrogen-bond acceptors (Lipinski definition) is 2. The van der Waals surface area contributed by atoms with Crippen LogP contribution in [0, 0.1) is 12.7 Å². The fourth-order valence-electron chi connectivity index (χ4n) is 1.25. The number of rotatable bonds is 1. The third-order valence-corrected chi connectivity index (χ3v) is 2.93. The molecule has 1 heterocycles. The van der Waals surface area contributed by atoms with Crippen LogP contribution < -0.4 is 0 Å². The molecule has 0 atom stereocenters. The van der Waals surface area contributed by atoms with E-state index in [1.807, 2.05) is 12.3 Å². The van der Waals surface area contributed by atoms with Crippen LogP contribution in [0.1, 0.15) is 5.56 Å². The van der Waals surface area contributed by atoms with Gasteiger partial charge in [-0.15, -0.1) is 11.3 Å². The van der Waals surface area contributed by atoms with Crippen LogP contribution in [-0.4, -0.2) is 4.98 Å². The minimum atomic E-state index is -0.255. The zero-order valence-electron chi connectivity index (χ0n) is 7.42. The average molecular weight is 228 g/mol. The molecule has 2 rings (SSSR count). The van der Waals surface area contributed by atoms with E-state index in [0.29, 0.717) is 4.47 Å². The SMILES string of the molecule is Cc1ccc(F)cc1-c1csc(Cl)n1. The van der Waals surface area contributed by atoms with Gasteiger partial charge in [0.25, 0.3) is 0 Å². The number of hydrogen-bond donors (Lipinski definition) is 0. The second-order valence-corrected chi connectivity index (χ2v) is 4.39. The van der Waals surface area contributed by atoms with Gasteiger partial charge in [0.05, 0.1) is 5.69 Å². The summed E-state index contributed by atoms with van der Waals surface area (Å²) in [6, 6.07) is 4.64. The summed E-state index contributed by atoms with van der Waals surface area (Å²) in [5, 5.41) is 1.82. The monoisotopic (exact) mass is 227 g/mol. The molecule has 14 heavy (non-hydrogen) atoms. The van der Waals surface area contributed by atoms with Crippen molar-refractivity contribution in [1.29, 1.82) is 0 Å². The minimum absolute atomic E-state index is 0.255. The topological polar surface area (TPSA) is 12.9 Å². The third kappa shape index (κ3) is 1.79. The molecule has 72 valence electrons. The summed E-state index contributed by atoms with van der Waals surface area (Å²) < 4.78 is 13.5. The van der Waals surface area contributed by atoms with Gasteiger partial charge in [-0.1, -0.05) is 17.7 Å². The Morgan fingerprint density at radius 3 is 2.86 bits per heavy atom. The lowest BCUT2D eigenvalue weighted by atomic mass is 10.1. The summed E-state index contributed by atoms with van der Waals surface area (Å²) in [6.45, 7) is 1.92. The van der Waals surface area contributed by atoms with Gasteiger partial charge in [0.2, 0.25) is 0 Å². The van der Waals surface area contributed by atoms with Crippen molar-refractivity contribution < 1.29 is 4.39 Å². The zero-order valence-corrected chi connectivity index (χ0v) is 8.99. The molecular weight excluding hydrogens is 221 g/mol. The molecule has 0 unspecified atom stereocenters. The highest BCUT2D eigenvalue weighted by Gasteiger charge is 2.06. The molecule has 0 aliphatic heterocycles. The van der Waals surface area contributed by atoms with Gasteiger partial charge in [0.15, 0.2) is 4.47 Å². The molecule has 0 aliphatic rings. The fourth-order valence-corrected chi connectivity index (χ4v) is 2.01. The van der Waals surface area contributed by atoms with E-state index in [9.17, 15) is 4.39 Å². The number of nitrogens with zero attached hydrogens (tertiary/aromatic N) is 1. The Morgan fingerprint density at radius 1 is 1.43 bits per heavy atom. The lowest BCUT2D eigenvalue weighted by Gasteiger charge is -2.01. The van der Waals surface area contributed by atoms with Gasteiger partial charge in [-0.05, 0) is 24.6 Å². The maximum Gasteiger partial charge on any atom is 0.184 e. The predicted molar refractivity (Wildman–Crippen MR) is 57.3 cm³/mol. The van der Waals surface area contributed by atoms with Crippen LogP contribution in [0.15, 0.2) is 23.6 Å². The molecule has 4 heteroatoms. The van der Waals surface area contributed by atoms with Gasteiger partial charge < -0.3 is 0 Å². The summed E-state index contributed by atoms with van der Waals surface area (Å²) in [6.07, 6.45) is 0. The Kier molecular flexibility index (Phi) is 2.52. The van der Waals surface area contributed by atoms with E-state index >= 15 is 0 Å². The summed E-state index contributed by atoms with van der Waals surface area (Å²) in [7, 11) is 0. The van der Waals surface area contributed by atoms with Crippen LogP contribution in [-0.2, 0) is 0 Å². The largest absolute Gasteiger partial charge is 0.225 e. The maximum absolute atomic E-state index is 13.0. The Morgan fingerprint density at radius 2 is 2.21 bits per heavy atom. The molecule has 0 saturated heterocycles. The van der Waals surface area contributed by atoms with E-state index in [0.717, 1.165) is 16.8 Å². The van der Waals surface area contributed by atoms with E-state index in [2.05, 4.69) is 4.98 Å². The lowest BCUT2D eigenvalue weighted by Crippen LogP contribution is -1.85. The molecular formula is C10H7ClFNS. The standard InChI is InChI=1S/C10H7ClFNS/c1-6-2-3-7(12)4-8(6)9-5-14-10(11)13-9/h2-5H,1H3. The smallest absolute Gasteiger partial charge is 0.184 e. The molecule has 2 aromatic rings. The van der Waals surface area contributed by atoms with E-state index in [4.69, 9.17) is 11.6 Å². The molecule has 0 fully saturated rings. The highest BCUT2D eigenvalue weighted by Crippen LogP contribution is 2.27. The van der Waals surface area contributed by atoms with Crippen molar-refractivity contribution in [1.82, 2.24) is 4.98 Å². The quantitative estimate of drug-likeness (QED) is 0.720. The van der Waals surface area contributed by atoms with Crippen molar-refractivity contribution in [2.45, 2.75) is 6.92 Å². The number of aryl methyl sites for hydroxylation is 1.